The first-order chi connectivity index (χ1) is 14.4. The van der Waals surface area contributed by atoms with Gasteiger partial charge in [0.05, 0.1) is 16.3 Å². The summed E-state index contributed by atoms with van der Waals surface area (Å²) in [6, 6.07) is 10.6. The van der Waals surface area contributed by atoms with Crippen molar-refractivity contribution in [1.29, 1.82) is 0 Å². The smallest absolute Gasteiger partial charge is 0.240 e. The minimum atomic E-state index is -3.55. The first kappa shape index (κ1) is 18.8. The van der Waals surface area contributed by atoms with Crippen LogP contribution in [0.4, 0.5) is 11.8 Å². The van der Waals surface area contributed by atoms with Crippen molar-refractivity contribution in [3.8, 4) is 11.3 Å². The summed E-state index contributed by atoms with van der Waals surface area (Å²) < 4.78 is 29.8. The number of aromatic amines is 1. The highest BCUT2D eigenvalue weighted by Crippen LogP contribution is 2.27. The van der Waals surface area contributed by atoms with E-state index in [4.69, 9.17) is 4.98 Å². The predicted molar refractivity (Wildman–Crippen MR) is 113 cm³/mol. The molecule has 0 bridgehead atoms. The maximum absolute atomic E-state index is 12.6. The Balaban J connectivity index is 1.58. The van der Waals surface area contributed by atoms with Crippen molar-refractivity contribution in [3.05, 3.63) is 54.0 Å². The molecule has 10 heteroatoms. The van der Waals surface area contributed by atoms with E-state index in [2.05, 4.69) is 25.2 Å². The molecular weight excluding hydrogens is 402 g/mol. The second-order valence-electron chi connectivity index (χ2n) is 7.56. The molecule has 0 amide bonds. The van der Waals surface area contributed by atoms with Crippen molar-refractivity contribution < 1.29 is 8.42 Å². The molecule has 0 saturated heterocycles. The number of H-pyrrole nitrogens is 1. The van der Waals surface area contributed by atoms with Gasteiger partial charge in [-0.3, -0.25) is 9.50 Å². The minimum absolute atomic E-state index is 0.0501. The van der Waals surface area contributed by atoms with E-state index >= 15 is 0 Å². The third kappa shape index (κ3) is 3.66. The molecule has 1 aromatic carbocycles. The summed E-state index contributed by atoms with van der Waals surface area (Å²) in [5.74, 6) is 1.17. The molecule has 30 heavy (non-hydrogen) atoms. The van der Waals surface area contributed by atoms with Gasteiger partial charge in [-0.1, -0.05) is 12.1 Å². The zero-order valence-electron chi connectivity index (χ0n) is 16.5. The normalized spacial score (nSPS) is 14.3. The second kappa shape index (κ2) is 6.92. The summed E-state index contributed by atoms with van der Waals surface area (Å²) in [7, 11) is -3.55. The Bertz CT molecular complexity index is 1350. The Kier molecular flexibility index (Phi) is 4.33. The molecule has 0 radical (unpaired) electrons. The first-order valence-electron chi connectivity index (χ1n) is 9.66. The topological polar surface area (TPSA) is 117 Å². The Hall–Kier alpha value is -3.24. The van der Waals surface area contributed by atoms with Gasteiger partial charge < -0.3 is 5.32 Å². The summed E-state index contributed by atoms with van der Waals surface area (Å²) in [5, 5.41) is 10.3. The molecule has 1 aliphatic rings. The van der Waals surface area contributed by atoms with Crippen LogP contribution in [-0.4, -0.2) is 39.0 Å². The average Bonchev–Trinajstić information content (AvgIpc) is 3.27. The van der Waals surface area contributed by atoms with Gasteiger partial charge in [-0.05, 0) is 38.8 Å². The number of aryl methyl sites for hydroxylation is 2. The van der Waals surface area contributed by atoms with Crippen molar-refractivity contribution >= 4 is 27.4 Å². The van der Waals surface area contributed by atoms with E-state index in [0.717, 1.165) is 24.2 Å². The molecule has 0 spiro atoms. The fourth-order valence-corrected chi connectivity index (χ4v) is 4.60. The average molecular weight is 424 g/mol. The summed E-state index contributed by atoms with van der Waals surface area (Å²) in [4.78, 5) is 9.51. The molecule has 0 unspecified atom stereocenters. The molecule has 0 aliphatic heterocycles. The third-order valence-electron chi connectivity index (χ3n) is 4.86. The lowest BCUT2D eigenvalue weighted by atomic mass is 10.1. The van der Waals surface area contributed by atoms with Gasteiger partial charge in [-0.15, -0.1) is 0 Å². The van der Waals surface area contributed by atoms with Crippen LogP contribution in [0.5, 0.6) is 0 Å². The van der Waals surface area contributed by atoms with Gasteiger partial charge in [0.25, 0.3) is 0 Å². The molecule has 9 nitrogen and oxygen atoms in total. The van der Waals surface area contributed by atoms with Crippen LogP contribution >= 0.6 is 0 Å². The van der Waals surface area contributed by atoms with E-state index in [1.165, 1.54) is 0 Å². The lowest BCUT2D eigenvalue weighted by Crippen LogP contribution is -2.25. The Morgan fingerprint density at radius 1 is 1.13 bits per heavy atom. The van der Waals surface area contributed by atoms with Gasteiger partial charge in [-0.25, -0.2) is 23.1 Å². The standard InChI is InChI=1S/C20H21N7O2S/c1-12-8-18(25-24-12)23-20-22-17(10-19-21-13(2)11-27(19)20)14-4-3-5-16(9-14)30(28,29)26-15-6-7-15/h3-5,8-11,15,26H,6-7H2,1-2H3,(H2,22,23,24,25). The minimum Gasteiger partial charge on any atom is -0.308 e. The van der Waals surface area contributed by atoms with Crippen molar-refractivity contribution in [2.75, 3.05) is 5.32 Å². The second-order valence-corrected chi connectivity index (χ2v) is 9.27. The van der Waals surface area contributed by atoms with Crippen molar-refractivity contribution in [3.63, 3.8) is 0 Å². The molecule has 3 aromatic heterocycles. The molecule has 3 N–H and O–H groups in total. The lowest BCUT2D eigenvalue weighted by Gasteiger charge is -2.10. The highest BCUT2D eigenvalue weighted by Gasteiger charge is 2.28. The van der Waals surface area contributed by atoms with Gasteiger partial charge >= 0.3 is 0 Å². The predicted octanol–water partition coefficient (Wildman–Crippen LogP) is 2.92. The molecule has 1 aliphatic carbocycles. The SMILES string of the molecule is Cc1cn2c(Nc3cc(C)[nH]n3)nc(-c3cccc(S(=O)(=O)NC4CC4)c3)cc2n1. The van der Waals surface area contributed by atoms with Gasteiger partial charge in [-0.2, -0.15) is 5.10 Å². The Morgan fingerprint density at radius 3 is 2.70 bits per heavy atom. The zero-order chi connectivity index (χ0) is 20.9. The Morgan fingerprint density at radius 2 is 1.97 bits per heavy atom. The molecule has 154 valence electrons. The quantitative estimate of drug-likeness (QED) is 0.439. The zero-order valence-corrected chi connectivity index (χ0v) is 17.4. The summed E-state index contributed by atoms with van der Waals surface area (Å²) in [5.41, 5.74) is 3.79. The van der Waals surface area contributed by atoms with Crippen LogP contribution in [0.2, 0.25) is 0 Å². The van der Waals surface area contributed by atoms with E-state index in [9.17, 15) is 8.42 Å². The van der Waals surface area contributed by atoms with Gasteiger partial charge in [0, 0.05) is 35.6 Å². The van der Waals surface area contributed by atoms with Gasteiger partial charge in [0.2, 0.25) is 16.0 Å². The van der Waals surface area contributed by atoms with E-state index in [-0.39, 0.29) is 10.9 Å². The van der Waals surface area contributed by atoms with Crippen molar-refractivity contribution in [1.82, 2.24) is 29.3 Å². The fourth-order valence-electron chi connectivity index (χ4n) is 3.25. The number of aromatic nitrogens is 5. The van der Waals surface area contributed by atoms with Crippen LogP contribution in [0.3, 0.4) is 0 Å². The number of benzene rings is 1. The number of imidazole rings is 1. The molecule has 5 rings (SSSR count). The van der Waals surface area contributed by atoms with Gasteiger partial charge in [0.1, 0.15) is 5.65 Å². The fraction of sp³-hybridized carbons (Fsp3) is 0.250. The molecular formula is C20H21N7O2S. The van der Waals surface area contributed by atoms with E-state index < -0.39 is 10.0 Å². The van der Waals surface area contributed by atoms with Crippen LogP contribution in [0.1, 0.15) is 24.2 Å². The van der Waals surface area contributed by atoms with E-state index in [0.29, 0.717) is 28.7 Å². The number of hydrogen-bond donors (Lipinski definition) is 3. The molecule has 1 fully saturated rings. The van der Waals surface area contributed by atoms with E-state index in [1.54, 1.807) is 18.2 Å². The van der Waals surface area contributed by atoms with Gasteiger partial charge in [0.15, 0.2) is 5.82 Å². The van der Waals surface area contributed by atoms with Crippen LogP contribution in [0.15, 0.2) is 47.5 Å². The highest BCUT2D eigenvalue weighted by molar-refractivity contribution is 7.89. The third-order valence-corrected chi connectivity index (χ3v) is 6.38. The van der Waals surface area contributed by atoms with Crippen molar-refractivity contribution in [2.45, 2.75) is 37.6 Å². The summed E-state index contributed by atoms with van der Waals surface area (Å²) >= 11 is 0. The molecule has 3 heterocycles. The maximum atomic E-state index is 12.6. The Labute approximate surface area is 173 Å². The van der Waals surface area contributed by atoms with Crippen LogP contribution in [0.25, 0.3) is 16.9 Å². The number of fused-ring (bicyclic) bond motifs is 1. The number of nitrogens with one attached hydrogen (secondary N) is 3. The first-order valence-corrected chi connectivity index (χ1v) is 11.1. The van der Waals surface area contributed by atoms with Crippen LogP contribution in [0, 0.1) is 13.8 Å². The van der Waals surface area contributed by atoms with Crippen LogP contribution < -0.4 is 10.0 Å². The number of nitrogens with zero attached hydrogens (tertiary/aromatic N) is 4. The largest absolute Gasteiger partial charge is 0.308 e. The maximum Gasteiger partial charge on any atom is 0.240 e. The lowest BCUT2D eigenvalue weighted by molar-refractivity contribution is 0.581. The summed E-state index contributed by atoms with van der Waals surface area (Å²) in [6.07, 6.45) is 3.66. The number of rotatable bonds is 6. The van der Waals surface area contributed by atoms with Crippen molar-refractivity contribution in [2.24, 2.45) is 0 Å². The number of anilines is 2. The molecule has 4 aromatic rings. The van der Waals surface area contributed by atoms with E-state index in [1.807, 2.05) is 42.6 Å². The number of sulfonamides is 1. The summed E-state index contributed by atoms with van der Waals surface area (Å²) in [6.45, 7) is 3.83. The monoisotopic (exact) mass is 423 g/mol. The van der Waals surface area contributed by atoms with Crippen LogP contribution in [-0.2, 0) is 10.0 Å². The molecule has 0 atom stereocenters. The molecule has 1 saturated carbocycles. The highest BCUT2D eigenvalue weighted by atomic mass is 32.2. The number of hydrogen-bond acceptors (Lipinski definition) is 6.